The highest BCUT2D eigenvalue weighted by Gasteiger charge is 2.18. The number of ether oxygens (including phenoxy) is 1. The molecule has 94 valence electrons. The predicted octanol–water partition coefficient (Wildman–Crippen LogP) is 2.41. The van der Waals surface area contributed by atoms with Crippen LogP contribution in [-0.2, 0) is 4.74 Å². The van der Waals surface area contributed by atoms with E-state index >= 15 is 0 Å². The average Bonchev–Trinajstić information content (AvgIpc) is 2.40. The minimum Gasteiger partial charge on any atom is -0.381 e. The molecule has 18 heavy (non-hydrogen) atoms. The fourth-order valence-electron chi connectivity index (χ4n) is 2.45. The highest BCUT2D eigenvalue weighted by molar-refractivity contribution is 7.71. The number of hydrogen-bond acceptors (Lipinski definition) is 3. The lowest BCUT2D eigenvalue weighted by molar-refractivity contribution is 0.0681. The molecule has 1 aromatic carbocycles. The monoisotopic (exact) mass is 262 g/mol. The highest BCUT2D eigenvalue weighted by atomic mass is 32.1. The van der Waals surface area contributed by atoms with E-state index in [0.29, 0.717) is 23.4 Å². The summed E-state index contributed by atoms with van der Waals surface area (Å²) in [5.41, 5.74) is 0.803. The molecule has 0 aliphatic carbocycles. The number of H-pyrrole nitrogens is 1. The first-order valence-electron chi connectivity index (χ1n) is 6.08. The number of aromatic nitrogens is 2. The molecule has 5 heteroatoms. The molecule has 0 amide bonds. The molecule has 3 rings (SSSR count). The summed E-state index contributed by atoms with van der Waals surface area (Å²) in [5.74, 6) is 0. The number of nitrogens with one attached hydrogen (secondary N) is 1. The van der Waals surface area contributed by atoms with Gasteiger partial charge in [0.25, 0.3) is 5.56 Å². The molecule has 0 bridgehead atoms. The van der Waals surface area contributed by atoms with Crippen LogP contribution in [0.15, 0.2) is 29.1 Å². The molecule has 0 radical (unpaired) electrons. The molecule has 0 unspecified atom stereocenters. The van der Waals surface area contributed by atoms with Gasteiger partial charge in [0.05, 0.1) is 10.9 Å². The Morgan fingerprint density at radius 2 is 2.00 bits per heavy atom. The van der Waals surface area contributed by atoms with Gasteiger partial charge >= 0.3 is 0 Å². The third-order valence-corrected chi connectivity index (χ3v) is 3.69. The predicted molar refractivity (Wildman–Crippen MR) is 72.5 cm³/mol. The molecule has 1 N–H and O–H groups in total. The number of benzene rings is 1. The van der Waals surface area contributed by atoms with Crippen LogP contribution in [0.1, 0.15) is 18.9 Å². The maximum atomic E-state index is 12.5. The van der Waals surface area contributed by atoms with Crippen LogP contribution in [0.25, 0.3) is 10.9 Å². The average molecular weight is 262 g/mol. The molecule has 0 saturated carbocycles. The smallest absolute Gasteiger partial charge is 0.262 e. The zero-order valence-electron chi connectivity index (χ0n) is 9.89. The van der Waals surface area contributed by atoms with Crippen molar-refractivity contribution < 1.29 is 4.74 Å². The van der Waals surface area contributed by atoms with Crippen LogP contribution in [0.5, 0.6) is 0 Å². The van der Waals surface area contributed by atoms with Gasteiger partial charge in [-0.15, -0.1) is 0 Å². The minimum atomic E-state index is 0.00116. The standard InChI is InChI=1S/C13H14N2O2S/c16-12-10-3-1-2-4-11(10)14-13(18)15(12)9-5-7-17-8-6-9/h1-4,9H,5-8H2,(H,14,18). The number of hydrogen-bond donors (Lipinski definition) is 1. The number of nitrogens with zero attached hydrogens (tertiary/aromatic N) is 1. The lowest BCUT2D eigenvalue weighted by atomic mass is 10.1. The van der Waals surface area contributed by atoms with Gasteiger partial charge in [-0.05, 0) is 37.2 Å². The van der Waals surface area contributed by atoms with Gasteiger partial charge in [0, 0.05) is 19.3 Å². The SMILES string of the molecule is O=c1c2ccccc2[nH]c(=S)n1C1CCOCC1. The van der Waals surface area contributed by atoms with E-state index in [1.165, 1.54) is 0 Å². The Hall–Kier alpha value is -1.46. The normalized spacial score (nSPS) is 17.1. The zero-order chi connectivity index (χ0) is 12.5. The lowest BCUT2D eigenvalue weighted by Gasteiger charge is -2.24. The molecule has 1 saturated heterocycles. The summed E-state index contributed by atoms with van der Waals surface area (Å²) in [7, 11) is 0. The van der Waals surface area contributed by atoms with E-state index in [0.717, 1.165) is 18.4 Å². The van der Waals surface area contributed by atoms with Crippen LogP contribution in [0.3, 0.4) is 0 Å². The topological polar surface area (TPSA) is 47.0 Å². The van der Waals surface area contributed by atoms with Gasteiger partial charge < -0.3 is 9.72 Å². The molecule has 2 heterocycles. The Balaban J connectivity index is 2.22. The second-order valence-electron chi connectivity index (χ2n) is 4.49. The van der Waals surface area contributed by atoms with Crippen molar-refractivity contribution in [3.63, 3.8) is 0 Å². The highest BCUT2D eigenvalue weighted by Crippen LogP contribution is 2.20. The van der Waals surface area contributed by atoms with Gasteiger partial charge in [-0.2, -0.15) is 0 Å². The third kappa shape index (κ3) is 1.89. The van der Waals surface area contributed by atoms with Crippen LogP contribution >= 0.6 is 12.2 Å². The number of aromatic amines is 1. The number of rotatable bonds is 1. The first-order valence-corrected chi connectivity index (χ1v) is 6.49. The van der Waals surface area contributed by atoms with Crippen molar-refractivity contribution in [2.24, 2.45) is 0 Å². The molecule has 2 aromatic rings. The van der Waals surface area contributed by atoms with Gasteiger partial charge in [0.15, 0.2) is 4.77 Å². The van der Waals surface area contributed by atoms with Crippen LogP contribution in [-0.4, -0.2) is 22.8 Å². The summed E-state index contributed by atoms with van der Waals surface area (Å²) in [6, 6.07) is 7.63. The Labute approximate surface area is 109 Å². The molecule has 0 spiro atoms. The van der Waals surface area contributed by atoms with Crippen molar-refractivity contribution >= 4 is 23.1 Å². The van der Waals surface area contributed by atoms with Crippen molar-refractivity contribution in [1.82, 2.24) is 9.55 Å². The van der Waals surface area contributed by atoms with E-state index in [1.807, 2.05) is 24.3 Å². The van der Waals surface area contributed by atoms with Gasteiger partial charge in [-0.3, -0.25) is 9.36 Å². The van der Waals surface area contributed by atoms with E-state index < -0.39 is 0 Å². The summed E-state index contributed by atoms with van der Waals surface area (Å²) in [4.78, 5) is 15.6. The molecule has 4 nitrogen and oxygen atoms in total. The van der Waals surface area contributed by atoms with Crippen molar-refractivity contribution in [3.05, 3.63) is 39.4 Å². The Morgan fingerprint density at radius 3 is 2.78 bits per heavy atom. The first kappa shape index (κ1) is 11.6. The Morgan fingerprint density at radius 1 is 1.28 bits per heavy atom. The van der Waals surface area contributed by atoms with E-state index in [-0.39, 0.29) is 11.6 Å². The quantitative estimate of drug-likeness (QED) is 0.803. The molecule has 0 atom stereocenters. The molecule has 1 aromatic heterocycles. The summed E-state index contributed by atoms with van der Waals surface area (Å²) >= 11 is 5.31. The van der Waals surface area contributed by atoms with Crippen molar-refractivity contribution in [3.8, 4) is 0 Å². The maximum absolute atomic E-state index is 12.5. The van der Waals surface area contributed by atoms with E-state index in [4.69, 9.17) is 17.0 Å². The van der Waals surface area contributed by atoms with Crippen LogP contribution in [0.4, 0.5) is 0 Å². The second kappa shape index (κ2) is 4.66. The van der Waals surface area contributed by atoms with Gasteiger partial charge in [0.1, 0.15) is 0 Å². The van der Waals surface area contributed by atoms with Crippen LogP contribution in [0, 0.1) is 4.77 Å². The van der Waals surface area contributed by atoms with Gasteiger partial charge in [0.2, 0.25) is 0 Å². The van der Waals surface area contributed by atoms with Crippen molar-refractivity contribution in [1.29, 1.82) is 0 Å². The van der Waals surface area contributed by atoms with E-state index in [9.17, 15) is 4.79 Å². The Kier molecular flexibility index (Phi) is 3.01. The summed E-state index contributed by atoms with van der Waals surface area (Å²) in [5, 5.41) is 0.692. The molecule has 1 fully saturated rings. The summed E-state index contributed by atoms with van der Waals surface area (Å²) in [6.07, 6.45) is 1.69. The van der Waals surface area contributed by atoms with E-state index in [2.05, 4.69) is 4.98 Å². The van der Waals surface area contributed by atoms with Crippen LogP contribution < -0.4 is 5.56 Å². The molecule has 1 aliphatic rings. The minimum absolute atomic E-state index is 0.00116. The lowest BCUT2D eigenvalue weighted by Crippen LogP contribution is -2.30. The number of fused-ring (bicyclic) bond motifs is 1. The fourth-order valence-corrected chi connectivity index (χ4v) is 2.79. The first-order chi connectivity index (χ1) is 8.77. The molecule has 1 aliphatic heterocycles. The number of para-hydroxylation sites is 1. The Bertz CT molecular complexity index is 683. The van der Waals surface area contributed by atoms with E-state index in [1.54, 1.807) is 4.57 Å². The van der Waals surface area contributed by atoms with Crippen molar-refractivity contribution in [2.75, 3.05) is 13.2 Å². The molecular formula is C13H14N2O2S. The van der Waals surface area contributed by atoms with Gasteiger partial charge in [-0.1, -0.05) is 12.1 Å². The maximum Gasteiger partial charge on any atom is 0.262 e. The largest absolute Gasteiger partial charge is 0.381 e. The second-order valence-corrected chi connectivity index (χ2v) is 4.88. The third-order valence-electron chi connectivity index (χ3n) is 3.39. The summed E-state index contributed by atoms with van der Waals surface area (Å²) in [6.45, 7) is 1.39. The van der Waals surface area contributed by atoms with Crippen LogP contribution in [0.2, 0.25) is 0 Å². The van der Waals surface area contributed by atoms with Gasteiger partial charge in [-0.25, -0.2) is 0 Å². The molecular weight excluding hydrogens is 248 g/mol. The zero-order valence-corrected chi connectivity index (χ0v) is 10.7. The summed E-state index contributed by atoms with van der Waals surface area (Å²) < 4.78 is 7.54. The fraction of sp³-hybridized carbons (Fsp3) is 0.385. The van der Waals surface area contributed by atoms with Crippen molar-refractivity contribution in [2.45, 2.75) is 18.9 Å².